The fraction of sp³-hybridized carbons (Fsp3) is 0.826. The number of aliphatic hydroxyl groups is 1. The van der Waals surface area contributed by atoms with Crippen molar-refractivity contribution in [2.45, 2.75) is 88.9 Å². The van der Waals surface area contributed by atoms with E-state index in [1.807, 2.05) is 12.5 Å². The number of hydrogen-bond donors (Lipinski definition) is 1. The molecule has 1 aliphatic heterocycles. The Balaban J connectivity index is 1.37. The van der Waals surface area contributed by atoms with Gasteiger partial charge in [0.15, 0.2) is 0 Å². The van der Waals surface area contributed by atoms with Gasteiger partial charge in [0, 0.05) is 5.41 Å². The Morgan fingerprint density at radius 1 is 1.04 bits per heavy atom. The van der Waals surface area contributed by atoms with E-state index in [2.05, 4.69) is 19.9 Å². The topological polar surface area (TPSA) is 45.9 Å². The summed E-state index contributed by atoms with van der Waals surface area (Å²) in [5, 5.41) is 10.2. The van der Waals surface area contributed by atoms with Gasteiger partial charge in [0.25, 0.3) is 0 Å². The molecule has 3 nitrogen and oxygen atoms in total. The molecule has 26 heavy (non-hydrogen) atoms. The van der Waals surface area contributed by atoms with E-state index in [0.717, 1.165) is 30.6 Å². The van der Waals surface area contributed by atoms with Crippen LogP contribution in [-0.4, -0.2) is 22.9 Å². The highest BCUT2D eigenvalue weighted by molar-refractivity contribution is 5.35. The molecule has 5 fully saturated rings. The Morgan fingerprint density at radius 2 is 1.92 bits per heavy atom. The molecule has 1 aromatic rings. The molecular formula is C23H32O3. The van der Waals surface area contributed by atoms with Crippen LogP contribution in [0.15, 0.2) is 23.0 Å². The van der Waals surface area contributed by atoms with Crippen LogP contribution in [0.25, 0.3) is 0 Å². The van der Waals surface area contributed by atoms with Gasteiger partial charge in [-0.1, -0.05) is 13.8 Å². The summed E-state index contributed by atoms with van der Waals surface area (Å²) >= 11 is 0. The van der Waals surface area contributed by atoms with Crippen LogP contribution in [0.1, 0.15) is 76.7 Å². The molecule has 0 amide bonds. The monoisotopic (exact) mass is 356 g/mol. The fourth-order valence-electron chi connectivity index (χ4n) is 8.64. The van der Waals surface area contributed by atoms with Gasteiger partial charge in [0.2, 0.25) is 0 Å². The SMILES string of the molecule is C[C@]12CC[C@H](O)C[C@H]1CC[C@@H]1[C@@H]2CC[C@]2(C)[C@@H](c3ccoc3)C[C@H]3O[C@]132. The molecule has 1 N–H and O–H groups in total. The van der Waals surface area contributed by atoms with E-state index in [1.165, 1.54) is 44.1 Å². The Hall–Kier alpha value is -0.800. The predicted molar refractivity (Wildman–Crippen MR) is 98.7 cm³/mol. The van der Waals surface area contributed by atoms with Gasteiger partial charge in [-0.2, -0.15) is 0 Å². The lowest BCUT2D eigenvalue weighted by Crippen LogP contribution is -2.58. The molecule has 3 heteroatoms. The zero-order chi connectivity index (χ0) is 17.7. The van der Waals surface area contributed by atoms with Crippen LogP contribution in [-0.2, 0) is 4.74 Å². The van der Waals surface area contributed by atoms with Gasteiger partial charge in [0.05, 0.1) is 24.7 Å². The van der Waals surface area contributed by atoms with Gasteiger partial charge in [-0.25, -0.2) is 0 Å². The second-order valence-electron chi connectivity index (χ2n) is 10.6. The number of fused-ring (bicyclic) bond motifs is 3. The van der Waals surface area contributed by atoms with Crippen LogP contribution < -0.4 is 0 Å². The van der Waals surface area contributed by atoms with Crippen LogP contribution in [0.4, 0.5) is 0 Å². The third-order valence-electron chi connectivity index (χ3n) is 10.0. The van der Waals surface area contributed by atoms with Gasteiger partial charge in [-0.15, -0.1) is 0 Å². The standard InChI is InChI=1S/C23H32O3/c1-21-8-5-16(24)11-15(21)3-4-18-17(21)6-9-22(2)19(14-7-10-25-13-14)12-20-23(18,22)26-20/h7,10,13,15-20,24H,3-6,8-9,11-12H2,1-2H3/t15-,16+,17+,18-,19-,20-,21+,22-,23-/m1/s1. The first-order valence-corrected chi connectivity index (χ1v) is 10.9. The van der Waals surface area contributed by atoms with Crippen molar-refractivity contribution >= 4 is 0 Å². The number of furan rings is 1. The Morgan fingerprint density at radius 3 is 2.73 bits per heavy atom. The molecular weight excluding hydrogens is 324 g/mol. The van der Waals surface area contributed by atoms with E-state index in [-0.39, 0.29) is 17.1 Å². The van der Waals surface area contributed by atoms with Crippen molar-refractivity contribution in [2.75, 3.05) is 0 Å². The number of rotatable bonds is 1. The molecule has 0 unspecified atom stereocenters. The normalized spacial score (nSPS) is 57.7. The van der Waals surface area contributed by atoms with Crippen LogP contribution >= 0.6 is 0 Å². The number of hydrogen-bond acceptors (Lipinski definition) is 3. The zero-order valence-corrected chi connectivity index (χ0v) is 16.1. The maximum absolute atomic E-state index is 10.2. The maximum Gasteiger partial charge on any atom is 0.104 e. The van der Waals surface area contributed by atoms with Crippen LogP contribution in [0, 0.1) is 28.6 Å². The largest absolute Gasteiger partial charge is 0.472 e. The summed E-state index contributed by atoms with van der Waals surface area (Å²) in [4.78, 5) is 0. The molecule has 4 saturated carbocycles. The van der Waals surface area contributed by atoms with Crippen LogP contribution in [0.5, 0.6) is 0 Å². The summed E-state index contributed by atoms with van der Waals surface area (Å²) in [6.07, 6.45) is 13.9. The fourth-order valence-corrected chi connectivity index (χ4v) is 8.64. The molecule has 142 valence electrons. The van der Waals surface area contributed by atoms with E-state index in [4.69, 9.17) is 9.15 Å². The van der Waals surface area contributed by atoms with Crippen molar-refractivity contribution in [3.8, 4) is 0 Å². The molecule has 0 aromatic carbocycles. The molecule has 0 radical (unpaired) electrons. The average Bonchev–Trinajstić information content (AvgIpc) is 2.99. The van der Waals surface area contributed by atoms with E-state index < -0.39 is 0 Å². The first-order chi connectivity index (χ1) is 12.5. The highest BCUT2D eigenvalue weighted by Crippen LogP contribution is 2.77. The van der Waals surface area contributed by atoms with E-state index in [0.29, 0.717) is 17.4 Å². The van der Waals surface area contributed by atoms with Crippen LogP contribution in [0.3, 0.4) is 0 Å². The lowest BCUT2D eigenvalue weighted by atomic mass is 9.44. The Labute approximate surface area is 156 Å². The highest BCUT2D eigenvalue weighted by Gasteiger charge is 2.80. The molecule has 1 aromatic heterocycles. The summed E-state index contributed by atoms with van der Waals surface area (Å²) in [5.41, 5.74) is 2.20. The Kier molecular flexibility index (Phi) is 3.09. The second kappa shape index (κ2) is 4.97. The summed E-state index contributed by atoms with van der Waals surface area (Å²) in [5.74, 6) is 2.82. The molecule has 4 aliphatic carbocycles. The van der Waals surface area contributed by atoms with Gasteiger partial charge in [-0.05, 0) is 92.1 Å². The number of epoxide rings is 1. The van der Waals surface area contributed by atoms with E-state index >= 15 is 0 Å². The first kappa shape index (κ1) is 16.2. The molecule has 5 aliphatic rings. The van der Waals surface area contributed by atoms with Crippen molar-refractivity contribution in [1.29, 1.82) is 0 Å². The molecule has 0 bridgehead atoms. The smallest absolute Gasteiger partial charge is 0.104 e. The molecule has 6 rings (SSSR count). The van der Waals surface area contributed by atoms with Crippen molar-refractivity contribution in [3.63, 3.8) is 0 Å². The third-order valence-corrected chi connectivity index (χ3v) is 10.0. The first-order valence-electron chi connectivity index (χ1n) is 10.9. The second-order valence-corrected chi connectivity index (χ2v) is 10.6. The summed E-state index contributed by atoms with van der Waals surface area (Å²) < 4.78 is 12.0. The van der Waals surface area contributed by atoms with Crippen molar-refractivity contribution in [2.24, 2.45) is 28.6 Å². The molecule has 1 saturated heterocycles. The van der Waals surface area contributed by atoms with Crippen molar-refractivity contribution < 1.29 is 14.3 Å². The average molecular weight is 357 g/mol. The zero-order valence-electron chi connectivity index (χ0n) is 16.1. The van der Waals surface area contributed by atoms with Crippen molar-refractivity contribution in [3.05, 3.63) is 24.2 Å². The summed E-state index contributed by atoms with van der Waals surface area (Å²) in [7, 11) is 0. The summed E-state index contributed by atoms with van der Waals surface area (Å²) in [6, 6.07) is 2.18. The molecule has 9 atom stereocenters. The van der Waals surface area contributed by atoms with Crippen LogP contribution in [0.2, 0.25) is 0 Å². The Bertz CT molecular complexity index is 713. The summed E-state index contributed by atoms with van der Waals surface area (Å²) in [6.45, 7) is 5.08. The molecule has 2 heterocycles. The van der Waals surface area contributed by atoms with Crippen molar-refractivity contribution in [1.82, 2.24) is 0 Å². The van der Waals surface area contributed by atoms with Gasteiger partial charge in [-0.3, -0.25) is 0 Å². The number of ether oxygens (including phenoxy) is 1. The minimum Gasteiger partial charge on any atom is -0.472 e. The third kappa shape index (κ3) is 1.73. The van der Waals surface area contributed by atoms with E-state index in [1.54, 1.807) is 0 Å². The van der Waals surface area contributed by atoms with Gasteiger partial charge < -0.3 is 14.3 Å². The van der Waals surface area contributed by atoms with E-state index in [9.17, 15) is 5.11 Å². The predicted octanol–water partition coefficient (Wildman–Crippen LogP) is 4.90. The number of aliphatic hydroxyl groups excluding tert-OH is 1. The van der Waals surface area contributed by atoms with Gasteiger partial charge >= 0.3 is 0 Å². The minimum atomic E-state index is -0.0569. The lowest BCUT2D eigenvalue weighted by molar-refractivity contribution is -0.139. The molecule has 1 spiro atoms. The maximum atomic E-state index is 10.2. The highest BCUT2D eigenvalue weighted by atomic mass is 16.6. The lowest BCUT2D eigenvalue weighted by Gasteiger charge is -2.61. The minimum absolute atomic E-state index is 0.0569. The quantitative estimate of drug-likeness (QED) is 0.728. The van der Waals surface area contributed by atoms with Gasteiger partial charge in [0.1, 0.15) is 5.60 Å².